The van der Waals surface area contributed by atoms with Crippen LogP contribution in [-0.2, 0) is 7.05 Å². The van der Waals surface area contributed by atoms with Crippen LogP contribution < -0.4 is 5.32 Å². The highest BCUT2D eigenvalue weighted by molar-refractivity contribution is 7.99. The molecular weight excluding hydrogens is 416 g/mol. The third kappa shape index (κ3) is 4.58. The van der Waals surface area contributed by atoms with Gasteiger partial charge >= 0.3 is 0 Å². The van der Waals surface area contributed by atoms with Gasteiger partial charge in [-0.15, -0.1) is 5.10 Å². The average molecular weight is 439 g/mol. The first-order valence-electron chi connectivity index (χ1n) is 10.0. The summed E-state index contributed by atoms with van der Waals surface area (Å²) in [6, 6.07) is 10.3. The number of anilines is 1. The summed E-state index contributed by atoms with van der Waals surface area (Å²) in [5.74, 6) is 0.168. The molecule has 1 aliphatic rings. The van der Waals surface area contributed by atoms with E-state index >= 15 is 0 Å². The smallest absolute Gasteiger partial charge is 0.270 e. The molecule has 0 unspecified atom stereocenters. The fourth-order valence-electron chi connectivity index (χ4n) is 3.83. The molecule has 0 aliphatic heterocycles. The Kier molecular flexibility index (Phi) is 5.99. The number of carbonyl (C=O) groups excluding carboxylic acids is 1. The molecule has 0 atom stereocenters. The molecule has 1 N–H and O–H groups in total. The molecule has 1 saturated carbocycles. The molecule has 1 aromatic heterocycles. The van der Waals surface area contributed by atoms with Crippen molar-refractivity contribution >= 4 is 29.0 Å². The second-order valence-electron chi connectivity index (χ2n) is 7.63. The molecule has 1 aliphatic carbocycles. The Morgan fingerprint density at radius 3 is 2.65 bits per heavy atom. The minimum atomic E-state index is -0.517. The first-order chi connectivity index (χ1) is 14.9. The van der Waals surface area contributed by atoms with E-state index in [2.05, 4.69) is 33.0 Å². The van der Waals surface area contributed by atoms with Gasteiger partial charge in [0.15, 0.2) is 0 Å². The third-order valence-corrected chi connectivity index (χ3v) is 6.63. The second kappa shape index (κ2) is 8.84. The normalized spacial score (nSPS) is 14.0. The van der Waals surface area contributed by atoms with Crippen molar-refractivity contribution in [1.82, 2.24) is 20.2 Å². The van der Waals surface area contributed by atoms with E-state index in [9.17, 15) is 14.9 Å². The quantitative estimate of drug-likeness (QED) is 0.445. The van der Waals surface area contributed by atoms with E-state index in [1.165, 1.54) is 59.8 Å². The number of hydrogen-bond acceptors (Lipinski definition) is 7. The summed E-state index contributed by atoms with van der Waals surface area (Å²) < 4.78 is 1.47. The fourth-order valence-corrected chi connectivity index (χ4v) is 4.67. The molecule has 1 amide bonds. The molecule has 3 aromatic rings. The highest BCUT2D eigenvalue weighted by Crippen LogP contribution is 2.36. The van der Waals surface area contributed by atoms with Crippen LogP contribution in [0, 0.1) is 17.0 Å². The van der Waals surface area contributed by atoms with Crippen LogP contribution in [0.5, 0.6) is 0 Å². The number of nitro groups is 1. The zero-order valence-electron chi connectivity index (χ0n) is 17.2. The van der Waals surface area contributed by atoms with Gasteiger partial charge in [-0.2, -0.15) is 0 Å². The van der Waals surface area contributed by atoms with Crippen LogP contribution in [0.15, 0.2) is 46.5 Å². The highest BCUT2D eigenvalue weighted by Gasteiger charge is 2.21. The van der Waals surface area contributed by atoms with Crippen molar-refractivity contribution in [3.63, 3.8) is 0 Å². The Hall–Kier alpha value is -3.27. The average Bonchev–Trinajstić information content (AvgIpc) is 3.42. The number of benzene rings is 2. The molecule has 0 bridgehead atoms. The minimum Gasteiger partial charge on any atom is -0.322 e. The van der Waals surface area contributed by atoms with E-state index in [4.69, 9.17) is 0 Å². The standard InChI is InChI=1S/C21H22N6O3S/c1-13-11-15(14-5-3-4-6-14)7-9-18(13)22-20(28)17-12-16(27(29)30)8-10-19(17)31-21-23-24-25-26(21)2/h7-12,14H,3-6H2,1-2H3,(H,22,28). The van der Waals surface area contributed by atoms with Crippen LogP contribution in [-0.4, -0.2) is 31.0 Å². The Morgan fingerprint density at radius 2 is 2.00 bits per heavy atom. The number of nitro benzene ring substituents is 1. The Balaban J connectivity index is 1.61. The molecule has 31 heavy (non-hydrogen) atoms. The first kappa shape index (κ1) is 21.0. The van der Waals surface area contributed by atoms with Crippen LogP contribution in [0.4, 0.5) is 11.4 Å². The van der Waals surface area contributed by atoms with Crippen molar-refractivity contribution in [2.24, 2.45) is 7.05 Å². The van der Waals surface area contributed by atoms with Crippen molar-refractivity contribution in [2.45, 2.75) is 48.6 Å². The summed E-state index contributed by atoms with van der Waals surface area (Å²) in [6.07, 6.45) is 4.93. The number of aryl methyl sites for hydroxylation is 2. The molecule has 4 rings (SSSR count). The van der Waals surface area contributed by atoms with Gasteiger partial charge in [0.25, 0.3) is 11.6 Å². The van der Waals surface area contributed by atoms with E-state index in [1.54, 1.807) is 13.1 Å². The third-order valence-electron chi connectivity index (χ3n) is 5.53. The number of nitrogens with one attached hydrogen (secondary N) is 1. The summed E-state index contributed by atoms with van der Waals surface area (Å²) in [7, 11) is 1.68. The van der Waals surface area contributed by atoms with E-state index < -0.39 is 10.8 Å². The predicted molar refractivity (Wildman–Crippen MR) is 116 cm³/mol. The van der Waals surface area contributed by atoms with Gasteiger partial charge < -0.3 is 5.32 Å². The second-order valence-corrected chi connectivity index (χ2v) is 8.64. The molecule has 0 saturated heterocycles. The van der Waals surface area contributed by atoms with Gasteiger partial charge in [0, 0.05) is 29.8 Å². The number of aromatic nitrogens is 4. The van der Waals surface area contributed by atoms with Gasteiger partial charge in [0.1, 0.15) is 0 Å². The number of tetrazole rings is 1. The minimum absolute atomic E-state index is 0.154. The molecule has 160 valence electrons. The number of amides is 1. The maximum absolute atomic E-state index is 13.1. The molecule has 2 aromatic carbocycles. The van der Waals surface area contributed by atoms with Gasteiger partial charge in [-0.25, -0.2) is 4.68 Å². The van der Waals surface area contributed by atoms with E-state index in [0.717, 1.165) is 5.56 Å². The summed E-state index contributed by atoms with van der Waals surface area (Å²) in [4.78, 5) is 24.4. The molecule has 1 fully saturated rings. The molecular formula is C21H22N6O3S. The molecule has 0 radical (unpaired) electrons. The van der Waals surface area contributed by atoms with Gasteiger partial charge in [0.05, 0.1) is 10.5 Å². The lowest BCUT2D eigenvalue weighted by Crippen LogP contribution is -2.14. The lowest BCUT2D eigenvalue weighted by Gasteiger charge is -2.15. The topological polar surface area (TPSA) is 116 Å². The van der Waals surface area contributed by atoms with Crippen LogP contribution in [0.25, 0.3) is 0 Å². The Labute approximate surface area is 183 Å². The van der Waals surface area contributed by atoms with Crippen molar-refractivity contribution in [2.75, 3.05) is 5.32 Å². The zero-order chi connectivity index (χ0) is 22.0. The fraction of sp³-hybridized carbons (Fsp3) is 0.333. The van der Waals surface area contributed by atoms with Gasteiger partial charge in [-0.3, -0.25) is 14.9 Å². The summed E-state index contributed by atoms with van der Waals surface area (Å²) >= 11 is 1.17. The van der Waals surface area contributed by atoms with Crippen molar-refractivity contribution in [3.05, 3.63) is 63.2 Å². The molecule has 1 heterocycles. The number of nitrogens with zero attached hydrogens (tertiary/aromatic N) is 5. The van der Waals surface area contributed by atoms with Crippen LogP contribution in [0.2, 0.25) is 0 Å². The number of hydrogen-bond donors (Lipinski definition) is 1. The predicted octanol–water partition coefficient (Wildman–Crippen LogP) is 4.49. The van der Waals surface area contributed by atoms with Gasteiger partial charge in [0.2, 0.25) is 5.16 Å². The Bertz CT molecular complexity index is 1140. The van der Waals surface area contributed by atoms with Crippen molar-refractivity contribution in [3.8, 4) is 0 Å². The summed E-state index contributed by atoms with van der Waals surface area (Å²) in [5, 5.41) is 25.9. The van der Waals surface area contributed by atoms with E-state index in [0.29, 0.717) is 21.7 Å². The van der Waals surface area contributed by atoms with E-state index in [1.807, 2.05) is 13.0 Å². The summed E-state index contributed by atoms with van der Waals surface area (Å²) in [6.45, 7) is 1.96. The SMILES string of the molecule is Cc1cc(C2CCCC2)ccc1NC(=O)c1cc([N+](=O)[O-])ccc1Sc1nnnn1C. The Morgan fingerprint density at radius 1 is 1.23 bits per heavy atom. The van der Waals surface area contributed by atoms with Crippen LogP contribution >= 0.6 is 11.8 Å². The molecule has 0 spiro atoms. The number of carbonyl (C=O) groups is 1. The molecule has 10 heteroatoms. The zero-order valence-corrected chi connectivity index (χ0v) is 18.1. The number of non-ortho nitro benzene ring substituents is 1. The summed E-state index contributed by atoms with van der Waals surface area (Å²) in [5.41, 5.74) is 3.00. The van der Waals surface area contributed by atoms with Gasteiger partial charge in [-0.1, -0.05) is 25.0 Å². The van der Waals surface area contributed by atoms with Crippen molar-refractivity contribution < 1.29 is 9.72 Å². The lowest BCUT2D eigenvalue weighted by atomic mass is 9.95. The van der Waals surface area contributed by atoms with E-state index in [-0.39, 0.29) is 11.3 Å². The van der Waals surface area contributed by atoms with Crippen molar-refractivity contribution in [1.29, 1.82) is 0 Å². The number of rotatable bonds is 6. The maximum atomic E-state index is 13.1. The molecule has 9 nitrogen and oxygen atoms in total. The first-order valence-corrected chi connectivity index (χ1v) is 10.8. The maximum Gasteiger partial charge on any atom is 0.270 e. The van der Waals surface area contributed by atoms with Gasteiger partial charge in [-0.05, 0) is 71.1 Å². The van der Waals surface area contributed by atoms with Crippen LogP contribution in [0.3, 0.4) is 0 Å². The monoisotopic (exact) mass is 438 g/mol. The van der Waals surface area contributed by atoms with Crippen LogP contribution in [0.1, 0.15) is 53.1 Å². The highest BCUT2D eigenvalue weighted by atomic mass is 32.2. The largest absolute Gasteiger partial charge is 0.322 e. The lowest BCUT2D eigenvalue weighted by molar-refractivity contribution is -0.384.